The third kappa shape index (κ3) is 4.24. The molecule has 0 spiro atoms. The molecule has 1 aromatic carbocycles. The van der Waals surface area contributed by atoms with Gasteiger partial charge in [-0.05, 0) is 38.5 Å². The molecule has 0 atom stereocenters. The van der Waals surface area contributed by atoms with E-state index >= 15 is 0 Å². The van der Waals surface area contributed by atoms with Gasteiger partial charge in [-0.25, -0.2) is 13.4 Å². The van der Waals surface area contributed by atoms with Crippen LogP contribution >= 0.6 is 11.3 Å². The van der Waals surface area contributed by atoms with Gasteiger partial charge in [-0.15, -0.1) is 11.3 Å². The van der Waals surface area contributed by atoms with Crippen molar-refractivity contribution in [3.8, 4) is 6.07 Å². The van der Waals surface area contributed by atoms with Crippen LogP contribution in [0.25, 0.3) is 10.2 Å². The van der Waals surface area contributed by atoms with E-state index < -0.39 is 9.84 Å². The fraction of sp³-hybridized carbons (Fsp3) is 0.375. The van der Waals surface area contributed by atoms with E-state index in [-0.39, 0.29) is 16.3 Å². The summed E-state index contributed by atoms with van der Waals surface area (Å²) in [6.45, 7) is 5.87. The van der Waals surface area contributed by atoms with Gasteiger partial charge in [-0.3, -0.25) is 0 Å². The summed E-state index contributed by atoms with van der Waals surface area (Å²) in [5.41, 5.74) is 2.95. The first-order valence-corrected chi connectivity index (χ1v) is 10.2. The maximum absolute atomic E-state index is 12.0. The maximum atomic E-state index is 12.0. The molecule has 0 aliphatic rings. The molecule has 0 radical (unpaired) electrons. The topological polar surface area (TPSA) is 94.9 Å². The van der Waals surface area contributed by atoms with Crippen molar-refractivity contribution >= 4 is 37.1 Å². The van der Waals surface area contributed by atoms with Crippen LogP contribution in [0.5, 0.6) is 0 Å². The van der Waals surface area contributed by atoms with Crippen LogP contribution in [-0.2, 0) is 9.84 Å². The van der Waals surface area contributed by atoms with E-state index in [1.54, 1.807) is 17.6 Å². The van der Waals surface area contributed by atoms with Gasteiger partial charge in [-0.1, -0.05) is 6.92 Å². The van der Waals surface area contributed by atoms with E-state index in [1.807, 2.05) is 32.9 Å². The van der Waals surface area contributed by atoms with E-state index in [9.17, 15) is 13.7 Å². The number of anilines is 1. The third-order valence-electron chi connectivity index (χ3n) is 3.65. The van der Waals surface area contributed by atoms with Gasteiger partial charge >= 0.3 is 0 Å². The number of nitriles is 1. The Hall–Kier alpha value is -2.11. The summed E-state index contributed by atoms with van der Waals surface area (Å²) in [5, 5.41) is 15.5. The normalized spacial score (nSPS) is 13.3. The number of aromatic nitrogens is 1. The predicted octanol–water partition coefficient (Wildman–Crippen LogP) is 3.22. The number of hydrogen-bond acceptors (Lipinski definition) is 7. The minimum absolute atomic E-state index is 0.190. The largest absolute Gasteiger partial charge is 0.365 e. The fourth-order valence-electron chi connectivity index (χ4n) is 1.97. The molecule has 0 unspecified atom stereocenters. The highest BCUT2D eigenvalue weighted by Crippen LogP contribution is 2.24. The Labute approximate surface area is 146 Å². The lowest BCUT2D eigenvalue weighted by molar-refractivity contribution is 0.415. The summed E-state index contributed by atoms with van der Waals surface area (Å²) >= 11 is 1.50. The van der Waals surface area contributed by atoms with Crippen LogP contribution in [0.2, 0.25) is 0 Å². The molecule has 0 aliphatic carbocycles. The fourth-order valence-corrected chi connectivity index (χ4v) is 3.33. The van der Waals surface area contributed by atoms with E-state index in [0.717, 1.165) is 22.9 Å². The van der Waals surface area contributed by atoms with Crippen molar-refractivity contribution in [1.29, 1.82) is 5.26 Å². The molecular formula is C16H20N4O2S2. The zero-order valence-electron chi connectivity index (χ0n) is 14.0. The molecule has 6 nitrogen and oxygen atoms in total. The highest BCUT2D eigenvalue weighted by molar-refractivity contribution is 7.94. The first-order valence-electron chi connectivity index (χ1n) is 7.39. The summed E-state index contributed by atoms with van der Waals surface area (Å²) in [6, 6.07) is 7.33. The number of hydrogen-bond donors (Lipinski definition) is 2. The molecule has 1 aromatic heterocycles. The van der Waals surface area contributed by atoms with Crippen molar-refractivity contribution in [2.24, 2.45) is 0 Å². The second-order valence-electron chi connectivity index (χ2n) is 6.11. The highest BCUT2D eigenvalue weighted by Gasteiger charge is 2.23. The van der Waals surface area contributed by atoms with Crippen LogP contribution in [0.1, 0.15) is 27.2 Å². The van der Waals surface area contributed by atoms with Crippen LogP contribution in [0.15, 0.2) is 34.4 Å². The highest BCUT2D eigenvalue weighted by atomic mass is 32.2. The maximum Gasteiger partial charge on any atom is 0.189 e. The molecule has 0 saturated carbocycles. The summed E-state index contributed by atoms with van der Waals surface area (Å²) < 4.78 is 24.9. The number of sulfone groups is 1. The zero-order valence-corrected chi connectivity index (χ0v) is 15.7. The molecule has 2 rings (SSSR count). The Balaban J connectivity index is 2.49. The monoisotopic (exact) mass is 364 g/mol. The van der Waals surface area contributed by atoms with Crippen molar-refractivity contribution < 1.29 is 8.42 Å². The second-order valence-corrected chi connectivity index (χ2v) is 8.95. The third-order valence-corrected chi connectivity index (χ3v) is 5.48. The quantitative estimate of drug-likeness (QED) is 0.764. The number of nitrogens with one attached hydrogen (secondary N) is 2. The van der Waals surface area contributed by atoms with E-state index in [4.69, 9.17) is 0 Å². The van der Waals surface area contributed by atoms with Gasteiger partial charge in [0.2, 0.25) is 0 Å². The number of rotatable bonds is 6. The number of benzene rings is 1. The number of allylic oxidation sites excluding steroid dienone is 1. The number of nitrogens with zero attached hydrogens (tertiary/aromatic N) is 2. The van der Waals surface area contributed by atoms with Crippen LogP contribution in [0.3, 0.4) is 0 Å². The Morgan fingerprint density at radius 3 is 2.71 bits per heavy atom. The van der Waals surface area contributed by atoms with Gasteiger partial charge in [0.05, 0.1) is 15.7 Å². The Morgan fingerprint density at radius 1 is 1.42 bits per heavy atom. The van der Waals surface area contributed by atoms with Crippen molar-refractivity contribution in [2.45, 2.75) is 32.7 Å². The zero-order chi connectivity index (χ0) is 18.0. The molecule has 0 amide bonds. The second kappa shape index (κ2) is 6.79. The summed E-state index contributed by atoms with van der Waals surface area (Å²) in [7, 11) is -3.66. The minimum atomic E-state index is -3.66. The Bertz CT molecular complexity index is 921. The molecule has 0 bridgehead atoms. The van der Waals surface area contributed by atoms with Crippen molar-refractivity contribution in [3.05, 3.63) is 34.4 Å². The number of fused-ring (bicyclic) bond motifs is 1. The van der Waals surface area contributed by atoms with Gasteiger partial charge in [0.25, 0.3) is 0 Å². The van der Waals surface area contributed by atoms with Crippen LogP contribution in [0.4, 0.5) is 5.69 Å². The lowest BCUT2D eigenvalue weighted by Crippen LogP contribution is -2.41. The lowest BCUT2D eigenvalue weighted by Gasteiger charge is -2.28. The van der Waals surface area contributed by atoms with E-state index in [0.29, 0.717) is 5.69 Å². The average molecular weight is 364 g/mol. The molecule has 1 heterocycles. The van der Waals surface area contributed by atoms with Gasteiger partial charge in [0, 0.05) is 17.5 Å². The van der Waals surface area contributed by atoms with E-state index in [1.165, 1.54) is 11.3 Å². The predicted molar refractivity (Wildman–Crippen MR) is 98.2 cm³/mol. The van der Waals surface area contributed by atoms with Gasteiger partial charge in [-0.2, -0.15) is 5.26 Å². The average Bonchev–Trinajstić information content (AvgIpc) is 2.93. The minimum Gasteiger partial charge on any atom is -0.365 e. The van der Waals surface area contributed by atoms with E-state index in [2.05, 4.69) is 15.6 Å². The first-order chi connectivity index (χ1) is 11.2. The summed E-state index contributed by atoms with van der Waals surface area (Å²) in [5.74, 6) is 0.190. The SMILES string of the molecule is CCC(C)(C)N/C(Nc1ccc2ncsc2c1)=C(\C#N)S(C)(=O)=O. The molecule has 24 heavy (non-hydrogen) atoms. The van der Waals surface area contributed by atoms with Crippen molar-refractivity contribution in [2.75, 3.05) is 11.6 Å². The molecule has 8 heteroatoms. The van der Waals surface area contributed by atoms with Crippen molar-refractivity contribution in [1.82, 2.24) is 10.3 Å². The van der Waals surface area contributed by atoms with Gasteiger partial charge in [0.1, 0.15) is 11.9 Å². The van der Waals surface area contributed by atoms with Crippen molar-refractivity contribution in [3.63, 3.8) is 0 Å². The number of thiazole rings is 1. The molecule has 0 saturated heterocycles. The summed E-state index contributed by atoms with van der Waals surface area (Å²) in [6.07, 6.45) is 1.79. The standard InChI is InChI=1S/C16H20N4O2S2/c1-5-16(2,3)20-15(14(9-17)24(4,21)22)19-11-6-7-12-13(8-11)23-10-18-12/h6-8,10,19-20H,5H2,1-4H3/b15-14+. The first kappa shape index (κ1) is 18.2. The van der Waals surface area contributed by atoms with Gasteiger partial charge < -0.3 is 10.6 Å². The Morgan fingerprint density at radius 2 is 2.12 bits per heavy atom. The van der Waals surface area contributed by atoms with Crippen LogP contribution in [-0.4, -0.2) is 25.2 Å². The Kier molecular flexibility index (Phi) is 5.16. The summed E-state index contributed by atoms with van der Waals surface area (Å²) in [4.78, 5) is 3.91. The molecular weight excluding hydrogens is 344 g/mol. The lowest BCUT2D eigenvalue weighted by atomic mass is 10.0. The van der Waals surface area contributed by atoms with Crippen LogP contribution < -0.4 is 10.6 Å². The van der Waals surface area contributed by atoms with Crippen LogP contribution in [0, 0.1) is 11.3 Å². The molecule has 0 aliphatic heterocycles. The molecule has 0 fully saturated rings. The van der Waals surface area contributed by atoms with Gasteiger partial charge in [0.15, 0.2) is 14.7 Å². The molecule has 2 aromatic rings. The smallest absolute Gasteiger partial charge is 0.189 e. The molecule has 2 N–H and O–H groups in total. The molecule has 128 valence electrons.